The molecule has 0 nitrogen and oxygen atoms in total. The van der Waals surface area contributed by atoms with E-state index in [0.717, 1.165) is 4.90 Å². The fraction of sp³-hybridized carbons (Fsp3) is 0.167. The van der Waals surface area contributed by atoms with Crippen molar-refractivity contribution in [1.29, 1.82) is 0 Å². The zero-order valence-corrected chi connectivity index (χ0v) is 13.1. The highest BCUT2D eigenvalue weighted by Gasteiger charge is 2.02. The molecular weight excluding hydrogens is 318 g/mol. The standard InChI is InChI=1S/C12H10Cl4S/c1-7-3-4-9(5-8(7)2)17-11(14)6-10(13)12(15)16/h3-6H,1-2H3. The summed E-state index contributed by atoms with van der Waals surface area (Å²) in [4.78, 5) is 1.05. The molecule has 0 radical (unpaired) electrons. The lowest BCUT2D eigenvalue weighted by Crippen LogP contribution is -1.80. The summed E-state index contributed by atoms with van der Waals surface area (Å²) >= 11 is 24.3. The van der Waals surface area contributed by atoms with Gasteiger partial charge in [0.05, 0.1) is 9.40 Å². The van der Waals surface area contributed by atoms with E-state index in [-0.39, 0.29) is 9.52 Å². The van der Waals surface area contributed by atoms with Crippen molar-refractivity contribution in [3.05, 3.63) is 49.3 Å². The van der Waals surface area contributed by atoms with Crippen LogP contribution in [0.1, 0.15) is 11.1 Å². The monoisotopic (exact) mass is 326 g/mol. The maximum absolute atomic E-state index is 6.03. The molecule has 0 unspecified atom stereocenters. The van der Waals surface area contributed by atoms with E-state index in [1.165, 1.54) is 29.0 Å². The van der Waals surface area contributed by atoms with Gasteiger partial charge in [0.1, 0.15) is 4.49 Å². The predicted molar refractivity (Wildman–Crippen MR) is 80.3 cm³/mol. The lowest BCUT2D eigenvalue weighted by Gasteiger charge is -2.04. The number of rotatable bonds is 3. The van der Waals surface area contributed by atoms with Crippen LogP contribution in [0.15, 0.2) is 43.1 Å². The van der Waals surface area contributed by atoms with E-state index in [2.05, 4.69) is 19.9 Å². The van der Waals surface area contributed by atoms with Crippen LogP contribution in [0.5, 0.6) is 0 Å². The lowest BCUT2D eigenvalue weighted by molar-refractivity contribution is 1.28. The third-order valence-electron chi connectivity index (χ3n) is 2.11. The van der Waals surface area contributed by atoms with Crippen molar-refractivity contribution >= 4 is 58.2 Å². The van der Waals surface area contributed by atoms with Crippen LogP contribution in [0.3, 0.4) is 0 Å². The summed E-state index contributed by atoms with van der Waals surface area (Å²) in [6, 6.07) is 6.12. The van der Waals surface area contributed by atoms with Crippen molar-refractivity contribution in [1.82, 2.24) is 0 Å². The van der Waals surface area contributed by atoms with Gasteiger partial charge in [-0.05, 0) is 43.2 Å². The summed E-state index contributed by atoms with van der Waals surface area (Å²) in [5.41, 5.74) is 2.47. The van der Waals surface area contributed by atoms with E-state index in [0.29, 0.717) is 4.36 Å². The first kappa shape index (κ1) is 15.3. The second-order valence-corrected chi connectivity index (χ2v) is 6.51. The first-order valence-electron chi connectivity index (χ1n) is 4.73. The van der Waals surface area contributed by atoms with E-state index >= 15 is 0 Å². The van der Waals surface area contributed by atoms with Gasteiger partial charge in [-0.1, -0.05) is 64.2 Å². The Morgan fingerprint density at radius 1 is 1.06 bits per heavy atom. The molecule has 1 aromatic carbocycles. The first-order valence-corrected chi connectivity index (χ1v) is 7.06. The van der Waals surface area contributed by atoms with Gasteiger partial charge >= 0.3 is 0 Å². The topological polar surface area (TPSA) is 0 Å². The van der Waals surface area contributed by atoms with E-state index in [4.69, 9.17) is 46.4 Å². The van der Waals surface area contributed by atoms with Gasteiger partial charge in [0.25, 0.3) is 0 Å². The molecule has 0 bridgehead atoms. The lowest BCUT2D eigenvalue weighted by atomic mass is 10.1. The second kappa shape index (κ2) is 6.96. The molecule has 0 aliphatic rings. The van der Waals surface area contributed by atoms with Crippen LogP contribution in [0.25, 0.3) is 0 Å². The van der Waals surface area contributed by atoms with Crippen molar-refractivity contribution in [2.45, 2.75) is 18.7 Å². The Balaban J connectivity index is 2.85. The number of hydrogen-bond acceptors (Lipinski definition) is 1. The minimum Gasteiger partial charge on any atom is -0.0816 e. The molecular formula is C12H10Cl4S. The van der Waals surface area contributed by atoms with E-state index in [1.807, 2.05) is 12.1 Å². The number of thioether (sulfide) groups is 1. The number of aryl methyl sites for hydroxylation is 2. The van der Waals surface area contributed by atoms with Gasteiger partial charge in [-0.3, -0.25) is 0 Å². The van der Waals surface area contributed by atoms with Crippen LogP contribution in [0, 0.1) is 13.8 Å². The number of benzene rings is 1. The Hall–Kier alpha value is 0.210. The molecule has 5 heteroatoms. The van der Waals surface area contributed by atoms with Gasteiger partial charge in [-0.2, -0.15) is 0 Å². The van der Waals surface area contributed by atoms with Gasteiger partial charge in [0.2, 0.25) is 0 Å². The third kappa shape index (κ3) is 5.15. The maximum Gasteiger partial charge on any atom is 0.125 e. The average molecular weight is 328 g/mol. The normalized spacial score (nSPS) is 11.5. The highest BCUT2D eigenvalue weighted by Crippen LogP contribution is 2.33. The number of allylic oxidation sites excluding steroid dienone is 2. The molecule has 17 heavy (non-hydrogen) atoms. The number of halogens is 4. The molecule has 0 aromatic heterocycles. The summed E-state index contributed by atoms with van der Waals surface area (Å²) in [7, 11) is 0. The SMILES string of the molecule is Cc1ccc(SC(Cl)=CC(Cl)=C(Cl)Cl)cc1C. The van der Waals surface area contributed by atoms with Gasteiger partial charge in [0, 0.05) is 4.90 Å². The fourth-order valence-corrected chi connectivity index (χ4v) is 2.56. The molecule has 0 saturated carbocycles. The Bertz CT molecular complexity index is 473. The molecule has 1 aromatic rings. The van der Waals surface area contributed by atoms with Crippen LogP contribution in [-0.4, -0.2) is 0 Å². The summed E-state index contributed by atoms with van der Waals surface area (Å²) in [6.07, 6.45) is 1.53. The quantitative estimate of drug-likeness (QED) is 0.459. The van der Waals surface area contributed by atoms with Crippen LogP contribution >= 0.6 is 58.2 Å². The Morgan fingerprint density at radius 3 is 2.24 bits per heavy atom. The summed E-state index contributed by atoms with van der Waals surface area (Å²) < 4.78 is 0.516. The van der Waals surface area contributed by atoms with E-state index < -0.39 is 0 Å². The molecule has 0 amide bonds. The van der Waals surface area contributed by atoms with E-state index in [1.54, 1.807) is 0 Å². The molecule has 0 saturated heterocycles. The molecule has 0 spiro atoms. The molecule has 1 rings (SSSR count). The zero-order chi connectivity index (χ0) is 13.0. The minimum absolute atomic E-state index is 0.00510. The van der Waals surface area contributed by atoms with Crippen LogP contribution in [-0.2, 0) is 0 Å². The molecule has 0 aliphatic heterocycles. The van der Waals surface area contributed by atoms with Crippen LogP contribution in [0.2, 0.25) is 0 Å². The van der Waals surface area contributed by atoms with Crippen molar-refractivity contribution in [3.63, 3.8) is 0 Å². The van der Waals surface area contributed by atoms with Gasteiger partial charge < -0.3 is 0 Å². The summed E-state index contributed by atoms with van der Waals surface area (Å²) in [6.45, 7) is 4.12. The maximum atomic E-state index is 6.03. The van der Waals surface area contributed by atoms with Gasteiger partial charge in [0.15, 0.2) is 0 Å². The van der Waals surface area contributed by atoms with Crippen molar-refractivity contribution in [2.75, 3.05) is 0 Å². The van der Waals surface area contributed by atoms with Crippen molar-refractivity contribution < 1.29 is 0 Å². The Kier molecular flexibility index (Phi) is 6.25. The van der Waals surface area contributed by atoms with Gasteiger partial charge in [-0.25, -0.2) is 0 Å². The largest absolute Gasteiger partial charge is 0.125 e. The fourth-order valence-electron chi connectivity index (χ4n) is 1.07. The Labute approximate surface area is 126 Å². The zero-order valence-electron chi connectivity index (χ0n) is 9.23. The molecule has 0 N–H and O–H groups in total. The number of hydrogen-bond donors (Lipinski definition) is 0. The van der Waals surface area contributed by atoms with E-state index in [9.17, 15) is 0 Å². The van der Waals surface area contributed by atoms with Crippen LogP contribution < -0.4 is 0 Å². The van der Waals surface area contributed by atoms with Crippen LogP contribution in [0.4, 0.5) is 0 Å². The highest BCUT2D eigenvalue weighted by molar-refractivity contribution is 8.04. The average Bonchev–Trinajstić information content (AvgIpc) is 2.23. The molecule has 0 atom stereocenters. The second-order valence-electron chi connectivity index (χ2n) is 3.40. The highest BCUT2D eigenvalue weighted by atomic mass is 35.5. The molecule has 0 fully saturated rings. The van der Waals surface area contributed by atoms with Gasteiger partial charge in [-0.15, -0.1) is 0 Å². The molecule has 0 heterocycles. The molecule has 92 valence electrons. The van der Waals surface area contributed by atoms with Crippen molar-refractivity contribution in [3.8, 4) is 0 Å². The Morgan fingerprint density at radius 2 is 1.71 bits per heavy atom. The third-order valence-corrected chi connectivity index (χ3v) is 4.16. The summed E-state index contributed by atoms with van der Waals surface area (Å²) in [5, 5.41) is 0.231. The molecule has 0 aliphatic carbocycles. The smallest absolute Gasteiger partial charge is 0.0816 e. The van der Waals surface area contributed by atoms with Crippen molar-refractivity contribution in [2.24, 2.45) is 0 Å². The minimum atomic E-state index is 0.00510. The summed E-state index contributed by atoms with van der Waals surface area (Å²) in [5.74, 6) is 0. The first-order chi connectivity index (χ1) is 7.90. The predicted octanol–water partition coefficient (Wildman–Crippen LogP) is 6.36.